The van der Waals surface area contributed by atoms with Crippen LogP contribution in [-0.4, -0.2) is 23.2 Å². The lowest BCUT2D eigenvalue weighted by Crippen LogP contribution is -2.48. The third-order valence-electron chi connectivity index (χ3n) is 4.16. The zero-order valence-corrected chi connectivity index (χ0v) is 11.8. The van der Waals surface area contributed by atoms with E-state index in [1.807, 2.05) is 26.0 Å². The molecule has 0 bridgehead atoms. The van der Waals surface area contributed by atoms with Gasteiger partial charge in [-0.25, -0.2) is 0 Å². The van der Waals surface area contributed by atoms with Gasteiger partial charge >= 0.3 is 0 Å². The molecule has 0 aliphatic heterocycles. The maximum absolute atomic E-state index is 12.2. The standard InChI is InChI=1S/C16H23NO2/c1-3-16(2,11-18)17-15(19)14-9-8-12-6-4-5-7-13(12)10-14/h8-10,18H,3-7,11H2,1-2H3,(H,17,19). The van der Waals surface area contributed by atoms with E-state index in [1.165, 1.54) is 24.0 Å². The molecular weight excluding hydrogens is 238 g/mol. The van der Waals surface area contributed by atoms with Crippen LogP contribution in [0.2, 0.25) is 0 Å². The van der Waals surface area contributed by atoms with Crippen LogP contribution < -0.4 is 5.32 Å². The Morgan fingerprint density at radius 1 is 1.32 bits per heavy atom. The molecule has 104 valence electrons. The zero-order valence-electron chi connectivity index (χ0n) is 11.8. The molecule has 3 nitrogen and oxygen atoms in total. The highest BCUT2D eigenvalue weighted by Crippen LogP contribution is 2.22. The summed E-state index contributed by atoms with van der Waals surface area (Å²) >= 11 is 0. The second-order valence-electron chi connectivity index (χ2n) is 5.72. The van der Waals surface area contributed by atoms with Crippen molar-refractivity contribution in [1.29, 1.82) is 0 Å². The van der Waals surface area contributed by atoms with E-state index in [0.29, 0.717) is 12.0 Å². The predicted octanol–water partition coefficient (Wildman–Crippen LogP) is 2.46. The molecule has 0 spiro atoms. The lowest BCUT2D eigenvalue weighted by Gasteiger charge is -2.27. The summed E-state index contributed by atoms with van der Waals surface area (Å²) in [6, 6.07) is 5.98. The number of aryl methyl sites for hydroxylation is 2. The molecule has 2 rings (SSSR count). The zero-order chi connectivity index (χ0) is 13.9. The summed E-state index contributed by atoms with van der Waals surface area (Å²) < 4.78 is 0. The van der Waals surface area contributed by atoms with Gasteiger partial charge in [-0.15, -0.1) is 0 Å². The Morgan fingerprint density at radius 3 is 2.63 bits per heavy atom. The van der Waals surface area contributed by atoms with Crippen molar-refractivity contribution >= 4 is 5.91 Å². The summed E-state index contributed by atoms with van der Waals surface area (Å²) in [5.41, 5.74) is 2.85. The topological polar surface area (TPSA) is 49.3 Å². The van der Waals surface area contributed by atoms with Crippen LogP contribution in [0.4, 0.5) is 0 Å². The van der Waals surface area contributed by atoms with Gasteiger partial charge in [-0.1, -0.05) is 13.0 Å². The maximum Gasteiger partial charge on any atom is 0.251 e. The Labute approximate surface area is 115 Å². The van der Waals surface area contributed by atoms with Crippen molar-refractivity contribution in [2.45, 2.75) is 51.5 Å². The van der Waals surface area contributed by atoms with E-state index in [4.69, 9.17) is 0 Å². The molecule has 1 atom stereocenters. The third-order valence-corrected chi connectivity index (χ3v) is 4.16. The number of carbonyl (C=O) groups is 1. The number of nitrogens with one attached hydrogen (secondary N) is 1. The number of hydrogen-bond donors (Lipinski definition) is 2. The highest BCUT2D eigenvalue weighted by molar-refractivity contribution is 5.95. The van der Waals surface area contributed by atoms with Crippen molar-refractivity contribution in [3.05, 3.63) is 34.9 Å². The fourth-order valence-corrected chi connectivity index (χ4v) is 2.46. The van der Waals surface area contributed by atoms with Crippen LogP contribution in [0, 0.1) is 0 Å². The third kappa shape index (κ3) is 3.16. The fourth-order valence-electron chi connectivity index (χ4n) is 2.46. The highest BCUT2D eigenvalue weighted by atomic mass is 16.3. The average molecular weight is 261 g/mol. The number of rotatable bonds is 4. The molecule has 0 radical (unpaired) electrons. The van der Waals surface area contributed by atoms with Gasteiger partial charge in [0.2, 0.25) is 0 Å². The molecular formula is C16H23NO2. The molecule has 1 aliphatic carbocycles. The second kappa shape index (κ2) is 5.74. The maximum atomic E-state index is 12.2. The number of carbonyl (C=O) groups excluding carboxylic acids is 1. The van der Waals surface area contributed by atoms with Gasteiger partial charge in [0.15, 0.2) is 0 Å². The number of benzene rings is 1. The minimum Gasteiger partial charge on any atom is -0.394 e. The first-order chi connectivity index (χ1) is 9.08. The second-order valence-corrected chi connectivity index (χ2v) is 5.72. The molecule has 1 aromatic carbocycles. The number of aliphatic hydroxyl groups is 1. The van der Waals surface area contributed by atoms with Gasteiger partial charge in [0, 0.05) is 5.56 Å². The van der Waals surface area contributed by atoms with Gasteiger partial charge in [0.25, 0.3) is 5.91 Å². The largest absolute Gasteiger partial charge is 0.394 e. The smallest absolute Gasteiger partial charge is 0.251 e. The Bertz CT molecular complexity index is 464. The van der Waals surface area contributed by atoms with Crippen LogP contribution in [0.15, 0.2) is 18.2 Å². The molecule has 0 saturated carbocycles. The van der Waals surface area contributed by atoms with Gasteiger partial charge in [-0.2, -0.15) is 0 Å². The molecule has 2 N–H and O–H groups in total. The number of amides is 1. The highest BCUT2D eigenvalue weighted by Gasteiger charge is 2.24. The summed E-state index contributed by atoms with van der Waals surface area (Å²) in [6.07, 6.45) is 5.36. The summed E-state index contributed by atoms with van der Waals surface area (Å²) in [5, 5.41) is 12.3. The van der Waals surface area contributed by atoms with Crippen molar-refractivity contribution in [1.82, 2.24) is 5.32 Å². The van der Waals surface area contributed by atoms with E-state index in [0.717, 1.165) is 12.8 Å². The van der Waals surface area contributed by atoms with E-state index in [-0.39, 0.29) is 12.5 Å². The quantitative estimate of drug-likeness (QED) is 0.874. The van der Waals surface area contributed by atoms with E-state index in [1.54, 1.807) is 0 Å². The lowest BCUT2D eigenvalue weighted by atomic mass is 9.90. The Balaban J connectivity index is 2.15. The van der Waals surface area contributed by atoms with Crippen LogP contribution in [0.3, 0.4) is 0 Å². The van der Waals surface area contributed by atoms with Crippen molar-refractivity contribution < 1.29 is 9.90 Å². The molecule has 1 unspecified atom stereocenters. The van der Waals surface area contributed by atoms with Crippen molar-refractivity contribution in [3.8, 4) is 0 Å². The number of aliphatic hydroxyl groups excluding tert-OH is 1. The molecule has 0 heterocycles. The predicted molar refractivity (Wildman–Crippen MR) is 76.3 cm³/mol. The molecule has 0 fully saturated rings. The van der Waals surface area contributed by atoms with Crippen LogP contribution >= 0.6 is 0 Å². The lowest BCUT2D eigenvalue weighted by molar-refractivity contribution is 0.0847. The van der Waals surface area contributed by atoms with Gasteiger partial charge in [-0.3, -0.25) is 4.79 Å². The molecule has 3 heteroatoms. The Hall–Kier alpha value is -1.35. The molecule has 1 aromatic rings. The Kier molecular flexibility index (Phi) is 4.25. The van der Waals surface area contributed by atoms with E-state index >= 15 is 0 Å². The first-order valence-electron chi connectivity index (χ1n) is 7.13. The van der Waals surface area contributed by atoms with Crippen molar-refractivity contribution in [2.24, 2.45) is 0 Å². The summed E-state index contributed by atoms with van der Waals surface area (Å²) in [5.74, 6) is -0.0910. The summed E-state index contributed by atoms with van der Waals surface area (Å²) in [4.78, 5) is 12.2. The number of fused-ring (bicyclic) bond motifs is 1. The van der Waals surface area contributed by atoms with Crippen LogP contribution in [-0.2, 0) is 12.8 Å². The van der Waals surface area contributed by atoms with E-state index in [9.17, 15) is 9.90 Å². The van der Waals surface area contributed by atoms with Crippen molar-refractivity contribution in [2.75, 3.05) is 6.61 Å². The van der Waals surface area contributed by atoms with Gasteiger partial charge in [0.1, 0.15) is 0 Å². The van der Waals surface area contributed by atoms with Gasteiger partial charge in [-0.05, 0) is 62.3 Å². The molecule has 0 aromatic heterocycles. The first-order valence-corrected chi connectivity index (χ1v) is 7.13. The van der Waals surface area contributed by atoms with Gasteiger partial charge in [0.05, 0.1) is 12.1 Å². The fraction of sp³-hybridized carbons (Fsp3) is 0.562. The molecule has 1 aliphatic rings. The molecule has 0 saturated heterocycles. The summed E-state index contributed by atoms with van der Waals surface area (Å²) in [7, 11) is 0. The van der Waals surface area contributed by atoms with E-state index < -0.39 is 5.54 Å². The average Bonchev–Trinajstić information content (AvgIpc) is 2.46. The molecule has 1 amide bonds. The minimum absolute atomic E-state index is 0.0415. The van der Waals surface area contributed by atoms with Crippen molar-refractivity contribution in [3.63, 3.8) is 0 Å². The van der Waals surface area contributed by atoms with Crippen LogP contribution in [0.25, 0.3) is 0 Å². The minimum atomic E-state index is -0.535. The van der Waals surface area contributed by atoms with Crippen LogP contribution in [0.5, 0.6) is 0 Å². The molecule has 19 heavy (non-hydrogen) atoms. The van der Waals surface area contributed by atoms with Gasteiger partial charge < -0.3 is 10.4 Å². The monoisotopic (exact) mass is 261 g/mol. The Morgan fingerprint density at radius 2 is 2.00 bits per heavy atom. The SMILES string of the molecule is CCC(C)(CO)NC(=O)c1ccc2c(c1)CCCC2. The number of hydrogen-bond acceptors (Lipinski definition) is 2. The normalized spacial score (nSPS) is 17.4. The summed E-state index contributed by atoms with van der Waals surface area (Å²) in [6.45, 7) is 3.78. The first kappa shape index (κ1) is 14.1. The van der Waals surface area contributed by atoms with Crippen LogP contribution in [0.1, 0.15) is 54.6 Å². The van der Waals surface area contributed by atoms with E-state index in [2.05, 4.69) is 11.4 Å².